The van der Waals surface area contributed by atoms with E-state index in [2.05, 4.69) is 10.3 Å². The lowest BCUT2D eigenvalue weighted by molar-refractivity contribution is -0.384. The number of nitro benzene ring substituents is 1. The van der Waals surface area contributed by atoms with Crippen LogP contribution < -0.4 is 5.32 Å². The minimum absolute atomic E-state index is 0.0909. The number of rotatable bonds is 3. The van der Waals surface area contributed by atoms with Gasteiger partial charge in [0.25, 0.3) is 11.6 Å². The van der Waals surface area contributed by atoms with Crippen molar-refractivity contribution in [2.45, 2.75) is 0 Å². The number of amides is 1. The summed E-state index contributed by atoms with van der Waals surface area (Å²) in [5.74, 6) is -2.95. The van der Waals surface area contributed by atoms with Gasteiger partial charge in [-0.15, -0.1) is 0 Å². The molecule has 1 aromatic heterocycles. The number of halogens is 2. The first kappa shape index (κ1) is 15.0. The molecular weight excluding hydrogens is 328 g/mol. The average Bonchev–Trinajstić information content (AvgIpc) is 2.87. The van der Waals surface area contributed by atoms with Crippen LogP contribution >= 0.6 is 11.3 Å². The Morgan fingerprint density at radius 3 is 2.57 bits per heavy atom. The van der Waals surface area contributed by atoms with E-state index in [9.17, 15) is 23.7 Å². The molecule has 1 heterocycles. The van der Waals surface area contributed by atoms with Gasteiger partial charge in [0, 0.05) is 12.1 Å². The highest BCUT2D eigenvalue weighted by Crippen LogP contribution is 2.29. The lowest BCUT2D eigenvalue weighted by atomic mass is 10.2. The molecule has 0 radical (unpaired) electrons. The summed E-state index contributed by atoms with van der Waals surface area (Å²) < 4.78 is 27.7. The second-order valence-electron chi connectivity index (χ2n) is 4.48. The molecule has 1 N–H and O–H groups in total. The number of hydrogen-bond donors (Lipinski definition) is 1. The Balaban J connectivity index is 1.92. The molecule has 116 valence electrons. The first-order chi connectivity index (χ1) is 11.0. The van der Waals surface area contributed by atoms with Gasteiger partial charge in [0.2, 0.25) is 0 Å². The van der Waals surface area contributed by atoms with Crippen LogP contribution in [0.3, 0.4) is 0 Å². The Hall–Kier alpha value is -2.94. The van der Waals surface area contributed by atoms with Gasteiger partial charge in [0.05, 0.1) is 15.1 Å². The predicted octanol–water partition coefficient (Wildman–Crippen LogP) is 3.74. The first-order valence-corrected chi connectivity index (χ1v) is 7.07. The van der Waals surface area contributed by atoms with Gasteiger partial charge in [0.15, 0.2) is 5.13 Å². The number of nitrogens with zero attached hydrogens (tertiary/aromatic N) is 2. The number of aromatic nitrogens is 1. The summed E-state index contributed by atoms with van der Waals surface area (Å²) in [6.45, 7) is 0. The molecule has 1 amide bonds. The summed E-state index contributed by atoms with van der Waals surface area (Å²) in [7, 11) is 0. The minimum atomic E-state index is -0.987. The molecule has 2 aromatic carbocycles. The van der Waals surface area contributed by atoms with Crippen LogP contribution in [0.1, 0.15) is 10.4 Å². The molecule has 0 spiro atoms. The van der Waals surface area contributed by atoms with Gasteiger partial charge >= 0.3 is 0 Å². The second kappa shape index (κ2) is 5.69. The molecule has 0 aliphatic heterocycles. The van der Waals surface area contributed by atoms with Crippen LogP contribution in [0.4, 0.5) is 19.6 Å². The normalized spacial score (nSPS) is 10.7. The Morgan fingerprint density at radius 1 is 1.22 bits per heavy atom. The number of anilines is 1. The zero-order chi connectivity index (χ0) is 16.6. The number of non-ortho nitro benzene ring substituents is 1. The van der Waals surface area contributed by atoms with E-state index in [1.165, 1.54) is 18.2 Å². The van der Waals surface area contributed by atoms with E-state index in [1.54, 1.807) is 0 Å². The highest BCUT2D eigenvalue weighted by atomic mass is 32.1. The molecule has 3 aromatic rings. The number of hydrogen-bond acceptors (Lipinski definition) is 5. The molecule has 0 saturated carbocycles. The first-order valence-electron chi connectivity index (χ1n) is 6.26. The molecule has 0 fully saturated rings. The molecule has 0 atom stereocenters. The lowest BCUT2D eigenvalue weighted by Crippen LogP contribution is -2.15. The number of carbonyl (C=O) groups is 1. The van der Waals surface area contributed by atoms with E-state index in [0.717, 1.165) is 29.5 Å². The topological polar surface area (TPSA) is 85.1 Å². The summed E-state index contributed by atoms with van der Waals surface area (Å²) >= 11 is 1.04. The van der Waals surface area contributed by atoms with Gasteiger partial charge in [-0.2, -0.15) is 0 Å². The van der Waals surface area contributed by atoms with Gasteiger partial charge in [0.1, 0.15) is 17.2 Å². The molecule has 9 heteroatoms. The van der Waals surface area contributed by atoms with Crippen molar-refractivity contribution in [3.8, 4) is 0 Å². The number of thiazole rings is 1. The third-order valence-electron chi connectivity index (χ3n) is 2.99. The number of nitro groups is 1. The van der Waals surface area contributed by atoms with Crippen LogP contribution in [0.15, 0.2) is 36.4 Å². The fraction of sp³-hybridized carbons (Fsp3) is 0. The van der Waals surface area contributed by atoms with E-state index >= 15 is 0 Å². The lowest BCUT2D eigenvalue weighted by Gasteiger charge is -2.03. The monoisotopic (exact) mass is 335 g/mol. The molecule has 0 aliphatic rings. The highest BCUT2D eigenvalue weighted by molar-refractivity contribution is 7.22. The Labute approximate surface area is 131 Å². The van der Waals surface area contributed by atoms with E-state index < -0.39 is 28.0 Å². The highest BCUT2D eigenvalue weighted by Gasteiger charge is 2.19. The smallest absolute Gasteiger partial charge is 0.271 e. The van der Waals surface area contributed by atoms with Crippen LogP contribution in [0.5, 0.6) is 0 Å². The van der Waals surface area contributed by atoms with Crippen molar-refractivity contribution >= 4 is 38.3 Å². The van der Waals surface area contributed by atoms with Crippen LogP contribution in [0, 0.1) is 21.7 Å². The van der Waals surface area contributed by atoms with Crippen molar-refractivity contribution in [3.05, 3.63) is 63.7 Å². The molecule has 6 nitrogen and oxygen atoms in total. The van der Waals surface area contributed by atoms with E-state index in [1.807, 2.05) is 0 Å². The second-order valence-corrected chi connectivity index (χ2v) is 5.51. The maximum absolute atomic E-state index is 13.6. The standard InChI is InChI=1S/C14H7F2N3O3S/c15-8-2-1-3-9(16)12(8)13(20)18-14-17-10-6-7(19(21)22)4-5-11(10)23-14/h1-6H,(H,17,18,20). The van der Waals surface area contributed by atoms with Crippen LogP contribution in [0.25, 0.3) is 10.2 Å². The molecular formula is C14H7F2N3O3S. The summed E-state index contributed by atoms with van der Waals surface area (Å²) in [6, 6.07) is 7.15. The van der Waals surface area contributed by atoms with Crippen molar-refractivity contribution in [1.29, 1.82) is 0 Å². The average molecular weight is 335 g/mol. The van der Waals surface area contributed by atoms with Gasteiger partial charge in [-0.25, -0.2) is 13.8 Å². The molecule has 0 saturated heterocycles. The van der Waals surface area contributed by atoms with E-state index in [-0.39, 0.29) is 10.8 Å². The van der Waals surface area contributed by atoms with Crippen LogP contribution in [-0.2, 0) is 0 Å². The zero-order valence-corrected chi connectivity index (χ0v) is 12.1. The molecule has 0 aliphatic carbocycles. The predicted molar refractivity (Wildman–Crippen MR) is 80.6 cm³/mol. The third-order valence-corrected chi connectivity index (χ3v) is 3.94. The third kappa shape index (κ3) is 2.86. The van der Waals surface area contributed by atoms with Crippen molar-refractivity contribution in [2.24, 2.45) is 0 Å². The van der Waals surface area contributed by atoms with Gasteiger partial charge < -0.3 is 0 Å². The molecule has 3 rings (SSSR count). The van der Waals surface area contributed by atoms with E-state index in [4.69, 9.17) is 0 Å². The van der Waals surface area contributed by atoms with Crippen molar-refractivity contribution in [2.75, 3.05) is 5.32 Å². The Kier molecular flexibility index (Phi) is 3.70. The number of carbonyl (C=O) groups excluding carboxylic acids is 1. The summed E-state index contributed by atoms with van der Waals surface area (Å²) in [4.78, 5) is 26.1. The van der Waals surface area contributed by atoms with Crippen LogP contribution in [0.2, 0.25) is 0 Å². The van der Waals surface area contributed by atoms with Gasteiger partial charge in [-0.3, -0.25) is 20.2 Å². The zero-order valence-electron chi connectivity index (χ0n) is 11.2. The van der Waals surface area contributed by atoms with Gasteiger partial charge in [-0.1, -0.05) is 17.4 Å². The number of nitrogens with one attached hydrogen (secondary N) is 1. The Bertz CT molecular complexity index is 922. The van der Waals surface area contributed by atoms with Crippen LogP contribution in [-0.4, -0.2) is 15.8 Å². The fourth-order valence-corrected chi connectivity index (χ4v) is 2.80. The fourth-order valence-electron chi connectivity index (χ4n) is 1.96. The molecule has 0 bridgehead atoms. The minimum Gasteiger partial charge on any atom is -0.298 e. The SMILES string of the molecule is O=C(Nc1nc2cc([N+](=O)[O-])ccc2s1)c1c(F)cccc1F. The summed E-state index contributed by atoms with van der Waals surface area (Å²) in [6.07, 6.45) is 0. The van der Waals surface area contributed by atoms with E-state index in [0.29, 0.717) is 10.2 Å². The number of benzene rings is 2. The molecule has 23 heavy (non-hydrogen) atoms. The van der Waals surface area contributed by atoms with Crippen molar-refractivity contribution in [3.63, 3.8) is 0 Å². The summed E-state index contributed by atoms with van der Waals surface area (Å²) in [5.41, 5.74) is -0.535. The largest absolute Gasteiger partial charge is 0.298 e. The Morgan fingerprint density at radius 2 is 1.91 bits per heavy atom. The molecule has 0 unspecified atom stereocenters. The maximum atomic E-state index is 13.6. The summed E-state index contributed by atoms with van der Waals surface area (Å²) in [5, 5.41) is 13.1. The number of fused-ring (bicyclic) bond motifs is 1. The maximum Gasteiger partial charge on any atom is 0.271 e. The van der Waals surface area contributed by atoms with Crippen molar-refractivity contribution < 1.29 is 18.5 Å². The van der Waals surface area contributed by atoms with Gasteiger partial charge in [-0.05, 0) is 18.2 Å². The quantitative estimate of drug-likeness (QED) is 0.584. The van der Waals surface area contributed by atoms with Crippen molar-refractivity contribution in [1.82, 2.24) is 4.98 Å².